The van der Waals surface area contributed by atoms with E-state index >= 15 is 0 Å². The van der Waals surface area contributed by atoms with Crippen molar-refractivity contribution in [3.8, 4) is 0 Å². The van der Waals surface area contributed by atoms with Crippen LogP contribution in [0.15, 0.2) is 0 Å². The molecular formula is C19H39N3. The first-order chi connectivity index (χ1) is 10.8. The van der Waals surface area contributed by atoms with Gasteiger partial charge in [-0.05, 0) is 105 Å². The highest BCUT2D eigenvalue weighted by molar-refractivity contribution is 4.70. The Hall–Kier alpha value is -0.120. The molecule has 2 fully saturated rings. The molecular weight excluding hydrogens is 270 g/mol. The molecule has 0 aromatic heterocycles. The zero-order valence-electron chi connectivity index (χ0n) is 15.2. The summed E-state index contributed by atoms with van der Waals surface area (Å²) in [5.41, 5.74) is 0. The van der Waals surface area contributed by atoms with Crippen LogP contribution in [0.3, 0.4) is 0 Å². The second-order valence-corrected chi connectivity index (χ2v) is 7.64. The Morgan fingerprint density at radius 3 is 1.45 bits per heavy atom. The number of hydrogen-bond acceptors (Lipinski definition) is 3. The fourth-order valence-corrected chi connectivity index (χ4v) is 3.99. The van der Waals surface area contributed by atoms with E-state index in [4.69, 9.17) is 0 Å². The van der Waals surface area contributed by atoms with E-state index in [0.717, 1.165) is 0 Å². The third kappa shape index (κ3) is 6.97. The van der Waals surface area contributed by atoms with Crippen molar-refractivity contribution in [2.24, 2.45) is 0 Å². The molecule has 0 aromatic carbocycles. The summed E-state index contributed by atoms with van der Waals surface area (Å²) in [5, 5.41) is 0. The highest BCUT2D eigenvalue weighted by Gasteiger charge is 2.14. The molecule has 2 heterocycles. The van der Waals surface area contributed by atoms with E-state index in [1.807, 2.05) is 0 Å². The van der Waals surface area contributed by atoms with Crippen LogP contribution in [0.1, 0.15) is 65.2 Å². The maximum atomic E-state index is 2.70. The van der Waals surface area contributed by atoms with Gasteiger partial charge in [-0.2, -0.15) is 0 Å². The minimum Gasteiger partial charge on any atom is -0.303 e. The van der Waals surface area contributed by atoms with Gasteiger partial charge in [0.15, 0.2) is 0 Å². The normalized spacial score (nSPS) is 21.8. The largest absolute Gasteiger partial charge is 0.303 e. The minimum absolute atomic E-state index is 0.697. The lowest BCUT2D eigenvalue weighted by atomic mass is 10.1. The van der Waals surface area contributed by atoms with Crippen molar-refractivity contribution >= 4 is 0 Å². The van der Waals surface area contributed by atoms with Crippen molar-refractivity contribution in [2.45, 2.75) is 71.3 Å². The first-order valence-corrected chi connectivity index (χ1v) is 9.94. The van der Waals surface area contributed by atoms with E-state index in [-0.39, 0.29) is 0 Å². The molecule has 2 aliphatic heterocycles. The molecule has 0 amide bonds. The molecule has 3 nitrogen and oxygen atoms in total. The molecule has 3 heteroatoms. The number of hydrogen-bond donors (Lipinski definition) is 0. The molecule has 2 saturated heterocycles. The SMILES string of the molecule is CC(C)N(CCCN1CCCCC1)CCCN1CCCCC1. The van der Waals surface area contributed by atoms with Gasteiger partial charge in [-0.1, -0.05) is 12.8 Å². The molecule has 130 valence electrons. The Kier molecular flexibility index (Phi) is 8.79. The lowest BCUT2D eigenvalue weighted by molar-refractivity contribution is 0.167. The third-order valence-corrected chi connectivity index (χ3v) is 5.47. The smallest absolute Gasteiger partial charge is 0.00386 e. The van der Waals surface area contributed by atoms with Crippen molar-refractivity contribution in [3.63, 3.8) is 0 Å². The molecule has 0 unspecified atom stereocenters. The summed E-state index contributed by atoms with van der Waals surface area (Å²) < 4.78 is 0. The number of rotatable bonds is 9. The zero-order valence-corrected chi connectivity index (χ0v) is 15.2. The quantitative estimate of drug-likeness (QED) is 0.646. The van der Waals surface area contributed by atoms with Gasteiger partial charge in [0.05, 0.1) is 0 Å². The lowest BCUT2D eigenvalue weighted by Gasteiger charge is -2.31. The van der Waals surface area contributed by atoms with Crippen molar-refractivity contribution in [2.75, 3.05) is 52.4 Å². The highest BCUT2D eigenvalue weighted by atomic mass is 15.2. The molecule has 0 spiro atoms. The topological polar surface area (TPSA) is 9.72 Å². The van der Waals surface area contributed by atoms with Gasteiger partial charge in [0.2, 0.25) is 0 Å². The summed E-state index contributed by atoms with van der Waals surface area (Å²) in [6.45, 7) is 15.3. The van der Waals surface area contributed by atoms with Gasteiger partial charge < -0.3 is 14.7 Å². The molecule has 2 aliphatic rings. The van der Waals surface area contributed by atoms with Crippen LogP contribution in [-0.2, 0) is 0 Å². The van der Waals surface area contributed by atoms with Crippen LogP contribution < -0.4 is 0 Å². The summed E-state index contributed by atoms with van der Waals surface area (Å²) in [6, 6.07) is 0.697. The fraction of sp³-hybridized carbons (Fsp3) is 1.00. The van der Waals surface area contributed by atoms with Gasteiger partial charge >= 0.3 is 0 Å². The standard InChI is InChI=1S/C19H39N3/c1-19(2)22(17-9-15-20-11-5-3-6-12-20)18-10-16-21-13-7-4-8-14-21/h19H,3-18H2,1-2H3. The molecule has 2 rings (SSSR count). The van der Waals surface area contributed by atoms with Crippen LogP contribution in [0.4, 0.5) is 0 Å². The maximum absolute atomic E-state index is 2.70. The summed E-state index contributed by atoms with van der Waals surface area (Å²) >= 11 is 0. The van der Waals surface area contributed by atoms with E-state index in [1.54, 1.807) is 0 Å². The molecule has 0 N–H and O–H groups in total. The molecule has 0 bridgehead atoms. The van der Waals surface area contributed by atoms with Crippen LogP contribution in [0.2, 0.25) is 0 Å². The number of nitrogens with zero attached hydrogens (tertiary/aromatic N) is 3. The molecule has 0 radical (unpaired) electrons. The monoisotopic (exact) mass is 309 g/mol. The van der Waals surface area contributed by atoms with Crippen LogP contribution in [-0.4, -0.2) is 73.1 Å². The fourth-order valence-electron chi connectivity index (χ4n) is 3.99. The Morgan fingerprint density at radius 1 is 0.682 bits per heavy atom. The highest BCUT2D eigenvalue weighted by Crippen LogP contribution is 2.11. The average Bonchev–Trinajstić information content (AvgIpc) is 2.55. The number of piperidine rings is 2. The summed E-state index contributed by atoms with van der Waals surface area (Å²) in [7, 11) is 0. The van der Waals surface area contributed by atoms with Crippen molar-refractivity contribution < 1.29 is 0 Å². The lowest BCUT2D eigenvalue weighted by Crippen LogP contribution is -2.38. The van der Waals surface area contributed by atoms with Gasteiger partial charge in [0, 0.05) is 6.04 Å². The summed E-state index contributed by atoms with van der Waals surface area (Å²) in [5.74, 6) is 0. The van der Waals surface area contributed by atoms with E-state index in [2.05, 4.69) is 28.5 Å². The van der Waals surface area contributed by atoms with Gasteiger partial charge in [-0.3, -0.25) is 0 Å². The molecule has 22 heavy (non-hydrogen) atoms. The zero-order chi connectivity index (χ0) is 15.6. The Labute approximate surface area is 139 Å². The average molecular weight is 310 g/mol. The summed E-state index contributed by atoms with van der Waals surface area (Å²) in [4.78, 5) is 8.05. The predicted octanol–water partition coefficient (Wildman–Crippen LogP) is 3.45. The van der Waals surface area contributed by atoms with Gasteiger partial charge in [-0.25, -0.2) is 0 Å². The van der Waals surface area contributed by atoms with Gasteiger partial charge in [-0.15, -0.1) is 0 Å². The molecule has 0 aliphatic carbocycles. The maximum Gasteiger partial charge on any atom is 0.00386 e. The van der Waals surface area contributed by atoms with E-state index < -0.39 is 0 Å². The van der Waals surface area contributed by atoms with E-state index in [0.29, 0.717) is 6.04 Å². The van der Waals surface area contributed by atoms with Crippen LogP contribution in [0.5, 0.6) is 0 Å². The van der Waals surface area contributed by atoms with Crippen LogP contribution in [0, 0.1) is 0 Å². The molecule has 0 saturated carbocycles. The Morgan fingerprint density at radius 2 is 1.09 bits per heavy atom. The van der Waals surface area contributed by atoms with Crippen molar-refractivity contribution in [1.29, 1.82) is 0 Å². The molecule has 0 atom stereocenters. The van der Waals surface area contributed by atoms with E-state index in [9.17, 15) is 0 Å². The predicted molar refractivity (Wildman–Crippen MR) is 96.5 cm³/mol. The van der Waals surface area contributed by atoms with Crippen molar-refractivity contribution in [1.82, 2.24) is 14.7 Å². The first-order valence-electron chi connectivity index (χ1n) is 9.94. The second kappa shape index (κ2) is 10.6. The van der Waals surface area contributed by atoms with Gasteiger partial charge in [0.1, 0.15) is 0 Å². The minimum atomic E-state index is 0.697. The van der Waals surface area contributed by atoms with Crippen LogP contribution >= 0.6 is 0 Å². The van der Waals surface area contributed by atoms with Crippen molar-refractivity contribution in [3.05, 3.63) is 0 Å². The van der Waals surface area contributed by atoms with E-state index in [1.165, 1.54) is 104 Å². The Bertz CT molecular complexity index is 244. The molecule has 0 aromatic rings. The van der Waals surface area contributed by atoms with Gasteiger partial charge in [0.25, 0.3) is 0 Å². The third-order valence-electron chi connectivity index (χ3n) is 5.47. The Balaban J connectivity index is 1.57. The first kappa shape index (κ1) is 18.2. The summed E-state index contributed by atoms with van der Waals surface area (Å²) in [6.07, 6.45) is 11.3. The number of likely N-dealkylation sites (tertiary alicyclic amines) is 2. The second-order valence-electron chi connectivity index (χ2n) is 7.64. The van der Waals surface area contributed by atoms with Crippen LogP contribution in [0.25, 0.3) is 0 Å².